The van der Waals surface area contributed by atoms with Crippen LogP contribution in [0.4, 0.5) is 0 Å². The SMILES string of the molecule is CCCCCCCCCCCCCCCCC(=O)OC[C@H](COP(=O)(O)OC[C@@H](O)COP(=O)(O)OC[C@@H](COC(=O)CCCCCCCCCCC(C)CC)OC(=O)CCCCCCCCCCCC(C)C)OC(=O)CCCCCCCCCCCCCCCCC(C)C. The van der Waals surface area contributed by atoms with Crippen molar-refractivity contribution in [2.45, 2.75) is 407 Å². The number of rotatable bonds is 74. The van der Waals surface area contributed by atoms with E-state index in [2.05, 4.69) is 48.5 Å². The fourth-order valence-corrected chi connectivity index (χ4v) is 13.1. The summed E-state index contributed by atoms with van der Waals surface area (Å²) < 4.78 is 68.6. The molecule has 0 spiro atoms. The number of carbonyl (C=O) groups is 4. The van der Waals surface area contributed by atoms with Crippen molar-refractivity contribution in [2.75, 3.05) is 39.6 Å². The molecule has 0 aliphatic carbocycles. The van der Waals surface area contributed by atoms with E-state index in [-0.39, 0.29) is 25.7 Å². The largest absolute Gasteiger partial charge is 0.472 e. The van der Waals surface area contributed by atoms with Crippen LogP contribution in [0.15, 0.2) is 0 Å². The molecule has 0 aromatic rings. The Morgan fingerprint density at radius 1 is 0.305 bits per heavy atom. The second-order valence-electron chi connectivity index (χ2n) is 28.6. The molecule has 0 heterocycles. The van der Waals surface area contributed by atoms with Gasteiger partial charge in [0.15, 0.2) is 12.2 Å². The highest BCUT2D eigenvalue weighted by Gasteiger charge is 2.30. The summed E-state index contributed by atoms with van der Waals surface area (Å²) in [7, 11) is -9.91. The molecule has 95 heavy (non-hydrogen) atoms. The fourth-order valence-electron chi connectivity index (χ4n) is 11.6. The highest BCUT2D eigenvalue weighted by atomic mass is 31.2. The van der Waals surface area contributed by atoms with Crippen LogP contribution in [0, 0.1) is 17.8 Å². The predicted molar refractivity (Wildman–Crippen MR) is 386 cm³/mol. The highest BCUT2D eigenvalue weighted by Crippen LogP contribution is 2.45. The molecule has 0 aliphatic heterocycles. The van der Waals surface area contributed by atoms with Crippen LogP contribution in [0.2, 0.25) is 0 Å². The summed E-state index contributed by atoms with van der Waals surface area (Å²) in [5.74, 6) is 0.192. The van der Waals surface area contributed by atoms with E-state index in [1.807, 2.05) is 0 Å². The van der Waals surface area contributed by atoms with Crippen LogP contribution in [-0.2, 0) is 65.4 Å². The first-order valence-corrected chi connectivity index (χ1v) is 42.4. The molecule has 0 fully saturated rings. The normalized spacial score (nSPS) is 14.4. The standard InChI is InChI=1S/C76H148O17P2/c1-8-10-11-12-13-14-15-16-20-23-28-36-43-50-57-73(78)86-63-71(92-75(80)59-52-45-38-29-24-21-18-17-19-22-26-33-40-47-54-67(3)4)65-90-94(82,83)88-61-70(77)62-89-95(84,85)91-66-72(93-76(81)60-53-46-39-30-25-27-34-41-48-55-68(5)6)64-87-74(79)58-51-44-37-32-31-35-42-49-56-69(7)9-2/h67-72,77H,8-66H2,1-7H3,(H,82,83)(H,84,85)/t69?,70-,71-,72-/m1/s1. The molecule has 0 amide bonds. The number of aliphatic hydroxyl groups is 1. The van der Waals surface area contributed by atoms with Gasteiger partial charge >= 0.3 is 39.5 Å². The second-order valence-corrected chi connectivity index (χ2v) is 31.5. The minimum absolute atomic E-state index is 0.105. The molecule has 0 aliphatic rings. The van der Waals surface area contributed by atoms with Crippen molar-refractivity contribution in [3.05, 3.63) is 0 Å². The average Bonchev–Trinajstić information content (AvgIpc) is 1.95. The number of hydrogen-bond donors (Lipinski definition) is 3. The van der Waals surface area contributed by atoms with E-state index in [1.54, 1.807) is 0 Å². The monoisotopic (exact) mass is 1400 g/mol. The van der Waals surface area contributed by atoms with Crippen LogP contribution < -0.4 is 0 Å². The first-order chi connectivity index (χ1) is 45.8. The van der Waals surface area contributed by atoms with Gasteiger partial charge in [0.25, 0.3) is 0 Å². The number of unbranched alkanes of at least 4 members (excludes halogenated alkanes) is 41. The molecule has 19 heteroatoms. The molecule has 0 aromatic carbocycles. The summed E-state index contributed by atoms with van der Waals surface area (Å²) in [5, 5.41) is 10.6. The molecule has 6 atom stereocenters. The number of esters is 4. The van der Waals surface area contributed by atoms with Crippen LogP contribution in [0.1, 0.15) is 389 Å². The van der Waals surface area contributed by atoms with Crippen molar-refractivity contribution >= 4 is 39.5 Å². The first kappa shape index (κ1) is 93.1. The molecule has 0 radical (unpaired) electrons. The van der Waals surface area contributed by atoms with E-state index in [0.717, 1.165) is 108 Å². The van der Waals surface area contributed by atoms with E-state index >= 15 is 0 Å². The van der Waals surface area contributed by atoms with Gasteiger partial charge in [-0.3, -0.25) is 37.3 Å². The minimum atomic E-state index is -4.96. The molecule has 564 valence electrons. The lowest BCUT2D eigenvalue weighted by Crippen LogP contribution is -2.30. The summed E-state index contributed by atoms with van der Waals surface area (Å²) in [5.41, 5.74) is 0. The molecule has 17 nitrogen and oxygen atoms in total. The quantitative estimate of drug-likeness (QED) is 0.0222. The van der Waals surface area contributed by atoms with Gasteiger partial charge in [0.1, 0.15) is 19.3 Å². The van der Waals surface area contributed by atoms with Gasteiger partial charge in [-0.25, -0.2) is 9.13 Å². The van der Waals surface area contributed by atoms with Gasteiger partial charge in [0.2, 0.25) is 0 Å². The summed E-state index contributed by atoms with van der Waals surface area (Å²) in [6.07, 6.45) is 52.6. The molecule has 0 rings (SSSR count). The lowest BCUT2D eigenvalue weighted by molar-refractivity contribution is -0.161. The first-order valence-electron chi connectivity index (χ1n) is 39.4. The maximum Gasteiger partial charge on any atom is 0.472 e. The zero-order chi connectivity index (χ0) is 70.1. The molecule has 0 saturated carbocycles. The van der Waals surface area contributed by atoms with Crippen molar-refractivity contribution in [3.8, 4) is 0 Å². The number of ether oxygens (including phenoxy) is 4. The molecular weight excluding hydrogens is 1250 g/mol. The fraction of sp³-hybridized carbons (Fsp3) is 0.947. The Morgan fingerprint density at radius 2 is 0.537 bits per heavy atom. The number of carbonyl (C=O) groups excluding carboxylic acids is 4. The van der Waals surface area contributed by atoms with Crippen LogP contribution >= 0.6 is 15.6 Å². The van der Waals surface area contributed by atoms with Gasteiger partial charge in [-0.2, -0.15) is 0 Å². The second kappa shape index (κ2) is 66.6. The molecule has 0 bridgehead atoms. The van der Waals surface area contributed by atoms with Crippen LogP contribution in [0.5, 0.6) is 0 Å². The number of hydrogen-bond acceptors (Lipinski definition) is 15. The Morgan fingerprint density at radius 3 is 0.800 bits per heavy atom. The van der Waals surface area contributed by atoms with E-state index in [4.69, 9.17) is 37.0 Å². The Kier molecular flexibility index (Phi) is 65.2. The van der Waals surface area contributed by atoms with E-state index in [1.165, 1.54) is 199 Å². The topological polar surface area (TPSA) is 237 Å². The van der Waals surface area contributed by atoms with Gasteiger partial charge in [-0.05, 0) is 43.4 Å². The van der Waals surface area contributed by atoms with E-state index < -0.39 is 97.5 Å². The Bertz CT molecular complexity index is 1850. The molecule has 0 saturated heterocycles. The maximum absolute atomic E-state index is 13.1. The number of phosphoric ester groups is 2. The average molecular weight is 1400 g/mol. The van der Waals surface area contributed by atoms with E-state index in [9.17, 15) is 43.2 Å². The third-order valence-corrected chi connectivity index (χ3v) is 19.9. The van der Waals surface area contributed by atoms with Crippen molar-refractivity contribution in [1.82, 2.24) is 0 Å². The van der Waals surface area contributed by atoms with Crippen LogP contribution in [0.25, 0.3) is 0 Å². The molecule has 3 N–H and O–H groups in total. The molecular formula is C76H148O17P2. The Labute approximate surface area is 581 Å². The Hall–Kier alpha value is -1.94. The van der Waals surface area contributed by atoms with Crippen LogP contribution in [-0.4, -0.2) is 96.7 Å². The molecule has 0 aromatic heterocycles. The third-order valence-electron chi connectivity index (χ3n) is 18.0. The van der Waals surface area contributed by atoms with Gasteiger partial charge < -0.3 is 33.8 Å². The third kappa shape index (κ3) is 69.0. The number of aliphatic hydroxyl groups excluding tert-OH is 1. The van der Waals surface area contributed by atoms with E-state index in [0.29, 0.717) is 25.7 Å². The maximum atomic E-state index is 13.1. The lowest BCUT2D eigenvalue weighted by Gasteiger charge is -2.21. The number of phosphoric acid groups is 2. The lowest BCUT2D eigenvalue weighted by atomic mass is 9.99. The zero-order valence-electron chi connectivity index (χ0n) is 62.1. The van der Waals surface area contributed by atoms with Gasteiger partial charge in [0, 0.05) is 25.7 Å². The van der Waals surface area contributed by atoms with Crippen molar-refractivity contribution in [1.29, 1.82) is 0 Å². The van der Waals surface area contributed by atoms with Gasteiger partial charge in [-0.1, -0.05) is 337 Å². The molecule has 3 unspecified atom stereocenters. The van der Waals surface area contributed by atoms with Crippen molar-refractivity contribution in [2.24, 2.45) is 17.8 Å². The summed E-state index contributed by atoms with van der Waals surface area (Å²) in [4.78, 5) is 72.8. The van der Waals surface area contributed by atoms with Crippen molar-refractivity contribution < 1.29 is 80.2 Å². The smallest absolute Gasteiger partial charge is 0.462 e. The van der Waals surface area contributed by atoms with Gasteiger partial charge in [-0.15, -0.1) is 0 Å². The Balaban J connectivity index is 5.26. The minimum Gasteiger partial charge on any atom is -0.462 e. The summed E-state index contributed by atoms with van der Waals surface area (Å²) in [6.45, 7) is 11.9. The summed E-state index contributed by atoms with van der Waals surface area (Å²) >= 11 is 0. The van der Waals surface area contributed by atoms with Crippen LogP contribution in [0.3, 0.4) is 0 Å². The van der Waals surface area contributed by atoms with Crippen molar-refractivity contribution in [3.63, 3.8) is 0 Å². The highest BCUT2D eigenvalue weighted by molar-refractivity contribution is 7.47. The zero-order valence-corrected chi connectivity index (χ0v) is 63.9. The predicted octanol–water partition coefficient (Wildman–Crippen LogP) is 22.2. The summed E-state index contributed by atoms with van der Waals surface area (Å²) in [6, 6.07) is 0. The van der Waals surface area contributed by atoms with Gasteiger partial charge in [0.05, 0.1) is 26.4 Å².